The van der Waals surface area contributed by atoms with Crippen molar-refractivity contribution in [2.45, 2.75) is 19.3 Å². The number of hydrogen-bond donors (Lipinski definition) is 1. The van der Waals surface area contributed by atoms with Crippen LogP contribution in [0.5, 0.6) is 11.5 Å². The molecule has 4 rings (SSSR count). The van der Waals surface area contributed by atoms with E-state index in [1.165, 1.54) is 29.8 Å². The number of rotatable bonds is 1. The molecule has 0 unspecified atom stereocenters. The highest BCUT2D eigenvalue weighted by molar-refractivity contribution is 5.80. The fourth-order valence-corrected chi connectivity index (χ4v) is 3.07. The van der Waals surface area contributed by atoms with E-state index >= 15 is 0 Å². The molecular weight excluding hydrogens is 216 g/mol. The molecule has 17 heavy (non-hydrogen) atoms. The Bertz CT molecular complexity index is 435. The van der Waals surface area contributed by atoms with E-state index in [2.05, 4.69) is 16.3 Å². The smallest absolute Gasteiger partial charge is 0.231 e. The number of ether oxygens (including phenoxy) is 2. The van der Waals surface area contributed by atoms with Gasteiger partial charge in [0.25, 0.3) is 0 Å². The molecule has 4 heteroatoms. The van der Waals surface area contributed by atoms with Gasteiger partial charge >= 0.3 is 0 Å². The van der Waals surface area contributed by atoms with Gasteiger partial charge in [-0.3, -0.25) is 0 Å². The van der Waals surface area contributed by atoms with Crippen molar-refractivity contribution in [1.29, 1.82) is 0 Å². The number of benzene rings is 1. The Labute approximate surface area is 101 Å². The first-order valence-electron chi connectivity index (χ1n) is 6.38. The lowest BCUT2D eigenvalue weighted by molar-refractivity contribution is 0.174. The predicted octanol–water partition coefficient (Wildman–Crippen LogP) is 1.98. The quantitative estimate of drug-likeness (QED) is 0.802. The normalized spacial score (nSPS) is 20.6. The maximum absolute atomic E-state index is 5.68. The lowest BCUT2D eigenvalue weighted by Crippen LogP contribution is -2.19. The van der Waals surface area contributed by atoms with Crippen LogP contribution in [0.4, 0.5) is 11.4 Å². The van der Waals surface area contributed by atoms with Crippen LogP contribution in [0.3, 0.4) is 0 Å². The SMILES string of the molecule is c1c2c(c(N3CCCC3)c3c1OCO3)CCN2. The van der Waals surface area contributed by atoms with E-state index in [4.69, 9.17) is 9.47 Å². The number of fused-ring (bicyclic) bond motifs is 2. The van der Waals surface area contributed by atoms with Gasteiger partial charge in [-0.2, -0.15) is 0 Å². The summed E-state index contributed by atoms with van der Waals surface area (Å²) < 4.78 is 11.2. The summed E-state index contributed by atoms with van der Waals surface area (Å²) in [6, 6.07) is 2.09. The summed E-state index contributed by atoms with van der Waals surface area (Å²) in [7, 11) is 0. The van der Waals surface area contributed by atoms with Gasteiger partial charge in [0, 0.05) is 37.0 Å². The van der Waals surface area contributed by atoms with Crippen LogP contribution >= 0.6 is 0 Å². The van der Waals surface area contributed by atoms with Crippen molar-refractivity contribution >= 4 is 11.4 Å². The maximum Gasteiger partial charge on any atom is 0.231 e. The highest BCUT2D eigenvalue weighted by atomic mass is 16.7. The fourth-order valence-electron chi connectivity index (χ4n) is 3.07. The zero-order chi connectivity index (χ0) is 11.2. The van der Waals surface area contributed by atoms with Gasteiger partial charge in [-0.25, -0.2) is 0 Å². The summed E-state index contributed by atoms with van der Waals surface area (Å²) in [5.41, 5.74) is 3.94. The molecule has 1 aromatic carbocycles. The molecule has 0 spiro atoms. The van der Waals surface area contributed by atoms with Crippen LogP contribution in [0.1, 0.15) is 18.4 Å². The van der Waals surface area contributed by atoms with Crippen molar-refractivity contribution < 1.29 is 9.47 Å². The van der Waals surface area contributed by atoms with Crippen LogP contribution in [0.15, 0.2) is 6.07 Å². The molecule has 0 amide bonds. The third-order valence-electron chi connectivity index (χ3n) is 3.86. The van der Waals surface area contributed by atoms with Crippen molar-refractivity contribution in [3.05, 3.63) is 11.6 Å². The first-order valence-corrected chi connectivity index (χ1v) is 6.38. The zero-order valence-electron chi connectivity index (χ0n) is 9.79. The van der Waals surface area contributed by atoms with Gasteiger partial charge in [0.15, 0.2) is 11.5 Å². The predicted molar refractivity (Wildman–Crippen MR) is 66.2 cm³/mol. The van der Waals surface area contributed by atoms with Crippen LogP contribution in [0.25, 0.3) is 0 Å². The number of hydrogen-bond acceptors (Lipinski definition) is 4. The summed E-state index contributed by atoms with van der Waals surface area (Å²) in [5.74, 6) is 1.87. The van der Waals surface area contributed by atoms with Crippen LogP contribution in [0.2, 0.25) is 0 Å². The van der Waals surface area contributed by atoms with Gasteiger partial charge in [-0.15, -0.1) is 0 Å². The summed E-state index contributed by atoms with van der Waals surface area (Å²) >= 11 is 0. The standard InChI is InChI=1S/C13H16N2O2/c1-2-6-15(5-1)12-9-3-4-14-10(9)7-11-13(12)17-8-16-11/h7,14H,1-6,8H2. The van der Waals surface area contributed by atoms with E-state index in [1.807, 2.05) is 0 Å². The van der Waals surface area contributed by atoms with Crippen LogP contribution < -0.4 is 19.7 Å². The lowest BCUT2D eigenvalue weighted by atomic mass is 10.1. The molecule has 90 valence electrons. The molecule has 0 bridgehead atoms. The summed E-state index contributed by atoms with van der Waals surface area (Å²) in [4.78, 5) is 2.46. The van der Waals surface area contributed by atoms with E-state index in [1.54, 1.807) is 0 Å². The van der Waals surface area contributed by atoms with Crippen LogP contribution in [-0.4, -0.2) is 26.4 Å². The number of anilines is 2. The minimum absolute atomic E-state index is 0.360. The second kappa shape index (κ2) is 3.45. The highest BCUT2D eigenvalue weighted by Gasteiger charge is 2.30. The molecule has 1 aromatic rings. The van der Waals surface area contributed by atoms with E-state index in [0.717, 1.165) is 37.6 Å². The molecule has 1 saturated heterocycles. The largest absolute Gasteiger partial charge is 0.453 e. The van der Waals surface area contributed by atoms with E-state index < -0.39 is 0 Å². The topological polar surface area (TPSA) is 33.7 Å². The average Bonchev–Trinajstić information content (AvgIpc) is 3.06. The van der Waals surface area contributed by atoms with Gasteiger partial charge in [-0.1, -0.05) is 0 Å². The molecule has 0 radical (unpaired) electrons. The molecule has 3 aliphatic heterocycles. The third-order valence-corrected chi connectivity index (χ3v) is 3.86. The molecule has 1 N–H and O–H groups in total. The maximum atomic E-state index is 5.68. The van der Waals surface area contributed by atoms with Gasteiger partial charge in [0.2, 0.25) is 6.79 Å². The molecule has 0 aromatic heterocycles. The molecule has 0 aliphatic carbocycles. The molecule has 3 aliphatic rings. The summed E-state index contributed by atoms with van der Waals surface area (Å²) in [5, 5.41) is 3.43. The van der Waals surface area contributed by atoms with E-state index in [0.29, 0.717) is 6.79 Å². The molecular formula is C13H16N2O2. The number of nitrogens with one attached hydrogen (secondary N) is 1. The Morgan fingerprint density at radius 3 is 2.94 bits per heavy atom. The first kappa shape index (κ1) is 9.45. The van der Waals surface area contributed by atoms with Crippen molar-refractivity contribution in [2.75, 3.05) is 36.6 Å². The van der Waals surface area contributed by atoms with E-state index in [-0.39, 0.29) is 0 Å². The van der Waals surface area contributed by atoms with Gasteiger partial charge < -0.3 is 19.7 Å². The molecule has 3 heterocycles. The third kappa shape index (κ3) is 1.30. The molecule has 0 saturated carbocycles. The van der Waals surface area contributed by atoms with Crippen molar-refractivity contribution in [3.63, 3.8) is 0 Å². The molecule has 0 atom stereocenters. The van der Waals surface area contributed by atoms with Crippen LogP contribution in [0, 0.1) is 0 Å². The minimum atomic E-state index is 0.360. The summed E-state index contributed by atoms with van der Waals surface area (Å²) in [6.07, 6.45) is 3.66. The Balaban J connectivity index is 1.90. The monoisotopic (exact) mass is 232 g/mol. The second-order valence-electron chi connectivity index (χ2n) is 4.86. The Morgan fingerprint density at radius 1 is 1.18 bits per heavy atom. The second-order valence-corrected chi connectivity index (χ2v) is 4.86. The van der Waals surface area contributed by atoms with E-state index in [9.17, 15) is 0 Å². The summed E-state index contributed by atoms with van der Waals surface area (Å²) in [6.45, 7) is 3.68. The fraction of sp³-hybridized carbons (Fsp3) is 0.538. The molecule has 4 nitrogen and oxygen atoms in total. The molecule has 1 fully saturated rings. The first-order chi connectivity index (χ1) is 8.43. The minimum Gasteiger partial charge on any atom is -0.453 e. The Kier molecular flexibility index (Phi) is 1.92. The highest BCUT2D eigenvalue weighted by Crippen LogP contribution is 2.49. The van der Waals surface area contributed by atoms with Crippen LogP contribution in [-0.2, 0) is 6.42 Å². The van der Waals surface area contributed by atoms with Crippen molar-refractivity contribution in [2.24, 2.45) is 0 Å². The Hall–Kier alpha value is -1.58. The average molecular weight is 232 g/mol. The van der Waals surface area contributed by atoms with Gasteiger partial charge in [0.05, 0.1) is 5.69 Å². The zero-order valence-corrected chi connectivity index (χ0v) is 9.79. The van der Waals surface area contributed by atoms with Gasteiger partial charge in [0.1, 0.15) is 0 Å². The van der Waals surface area contributed by atoms with Crippen molar-refractivity contribution in [3.8, 4) is 11.5 Å². The Morgan fingerprint density at radius 2 is 2.06 bits per heavy atom. The van der Waals surface area contributed by atoms with Gasteiger partial charge in [-0.05, 0) is 19.3 Å². The lowest BCUT2D eigenvalue weighted by Gasteiger charge is -2.22. The van der Waals surface area contributed by atoms with Crippen molar-refractivity contribution in [1.82, 2.24) is 0 Å². The number of nitrogens with zero attached hydrogens (tertiary/aromatic N) is 1.